The monoisotopic (exact) mass is 325 g/mol. The second kappa shape index (κ2) is 6.36. The molecule has 2 aromatic rings. The van der Waals surface area contributed by atoms with Gasteiger partial charge in [0, 0.05) is 17.5 Å². The lowest BCUT2D eigenvalue weighted by Crippen LogP contribution is -2.27. The van der Waals surface area contributed by atoms with Crippen LogP contribution in [-0.2, 0) is 13.0 Å². The highest BCUT2D eigenvalue weighted by Crippen LogP contribution is 2.22. The minimum Gasteiger partial charge on any atom is -0.508 e. The molecule has 0 amide bonds. The van der Waals surface area contributed by atoms with Gasteiger partial charge in [-0.1, -0.05) is 12.1 Å². The van der Waals surface area contributed by atoms with Crippen LogP contribution in [0.15, 0.2) is 40.2 Å². The zero-order valence-electron chi connectivity index (χ0n) is 10.2. The SMILES string of the molecule is CC(Cc1ccc(O)cc1)NCc1ccc(Br)s1. The molecular formula is C14H16BrNOS. The number of thiophene rings is 1. The van der Waals surface area contributed by atoms with Crippen molar-refractivity contribution in [3.63, 3.8) is 0 Å². The largest absolute Gasteiger partial charge is 0.508 e. The zero-order chi connectivity index (χ0) is 13.0. The molecule has 0 bridgehead atoms. The van der Waals surface area contributed by atoms with Gasteiger partial charge in [0.1, 0.15) is 5.75 Å². The summed E-state index contributed by atoms with van der Waals surface area (Å²) < 4.78 is 1.17. The van der Waals surface area contributed by atoms with Gasteiger partial charge >= 0.3 is 0 Å². The van der Waals surface area contributed by atoms with Crippen molar-refractivity contribution in [2.24, 2.45) is 0 Å². The number of rotatable bonds is 5. The molecular weight excluding hydrogens is 310 g/mol. The van der Waals surface area contributed by atoms with Gasteiger partial charge in [-0.25, -0.2) is 0 Å². The maximum atomic E-state index is 9.23. The molecule has 1 aromatic heterocycles. The Morgan fingerprint density at radius 1 is 1.22 bits per heavy atom. The molecule has 1 unspecified atom stereocenters. The summed E-state index contributed by atoms with van der Waals surface area (Å²) in [6, 6.07) is 12.0. The summed E-state index contributed by atoms with van der Waals surface area (Å²) in [7, 11) is 0. The first-order valence-corrected chi connectivity index (χ1v) is 7.50. The summed E-state index contributed by atoms with van der Waals surface area (Å²) in [4.78, 5) is 1.33. The predicted octanol–water partition coefficient (Wildman–Crippen LogP) is 3.94. The fourth-order valence-corrected chi connectivity index (χ4v) is 3.21. The number of nitrogens with one attached hydrogen (secondary N) is 1. The molecule has 0 radical (unpaired) electrons. The Balaban J connectivity index is 1.81. The van der Waals surface area contributed by atoms with Crippen molar-refractivity contribution in [2.75, 3.05) is 0 Å². The highest BCUT2D eigenvalue weighted by Gasteiger charge is 2.04. The third-order valence-corrected chi connectivity index (χ3v) is 4.36. The maximum absolute atomic E-state index is 9.23. The third kappa shape index (κ3) is 4.12. The molecule has 1 atom stereocenters. The summed E-state index contributed by atoms with van der Waals surface area (Å²) in [6.45, 7) is 3.07. The van der Waals surface area contributed by atoms with Crippen LogP contribution in [0.2, 0.25) is 0 Å². The van der Waals surface area contributed by atoms with Crippen LogP contribution in [0.4, 0.5) is 0 Å². The lowest BCUT2D eigenvalue weighted by atomic mass is 10.1. The van der Waals surface area contributed by atoms with Crippen molar-refractivity contribution in [1.29, 1.82) is 0 Å². The number of halogens is 1. The molecule has 2 nitrogen and oxygen atoms in total. The van der Waals surface area contributed by atoms with E-state index in [1.807, 2.05) is 12.1 Å². The highest BCUT2D eigenvalue weighted by molar-refractivity contribution is 9.11. The molecule has 1 heterocycles. The van der Waals surface area contributed by atoms with Gasteiger partial charge in [0.05, 0.1) is 3.79 Å². The van der Waals surface area contributed by atoms with Crippen LogP contribution in [0.5, 0.6) is 5.75 Å². The van der Waals surface area contributed by atoms with E-state index in [0.717, 1.165) is 13.0 Å². The Kier molecular flexibility index (Phi) is 4.80. The van der Waals surface area contributed by atoms with Gasteiger partial charge < -0.3 is 10.4 Å². The Morgan fingerprint density at radius 3 is 2.56 bits per heavy atom. The molecule has 18 heavy (non-hydrogen) atoms. The molecule has 0 spiro atoms. The van der Waals surface area contributed by atoms with Crippen LogP contribution in [0, 0.1) is 0 Å². The normalized spacial score (nSPS) is 12.6. The van der Waals surface area contributed by atoms with E-state index in [1.165, 1.54) is 14.2 Å². The van der Waals surface area contributed by atoms with Crippen molar-refractivity contribution in [3.05, 3.63) is 50.6 Å². The van der Waals surface area contributed by atoms with Crippen LogP contribution >= 0.6 is 27.3 Å². The second-order valence-electron chi connectivity index (χ2n) is 4.36. The molecule has 2 N–H and O–H groups in total. The Labute approximate surface area is 120 Å². The molecule has 1 aromatic carbocycles. The van der Waals surface area contributed by atoms with Crippen LogP contribution in [0.1, 0.15) is 17.4 Å². The van der Waals surface area contributed by atoms with Crippen molar-refractivity contribution in [2.45, 2.75) is 25.9 Å². The van der Waals surface area contributed by atoms with Gasteiger partial charge in [0.25, 0.3) is 0 Å². The zero-order valence-corrected chi connectivity index (χ0v) is 12.6. The number of phenols is 1. The summed E-state index contributed by atoms with van der Waals surface area (Å²) in [5, 5.41) is 12.7. The van der Waals surface area contributed by atoms with Gasteiger partial charge in [-0.15, -0.1) is 11.3 Å². The Bertz CT molecular complexity index is 495. The molecule has 0 saturated carbocycles. The van der Waals surface area contributed by atoms with E-state index in [0.29, 0.717) is 11.8 Å². The molecule has 2 rings (SSSR count). The van der Waals surface area contributed by atoms with Crippen LogP contribution in [-0.4, -0.2) is 11.1 Å². The Hall–Kier alpha value is -0.840. The number of aromatic hydroxyl groups is 1. The maximum Gasteiger partial charge on any atom is 0.115 e. The molecule has 0 aliphatic carbocycles. The van der Waals surface area contributed by atoms with Crippen LogP contribution in [0.3, 0.4) is 0 Å². The molecule has 96 valence electrons. The van der Waals surface area contributed by atoms with E-state index in [2.05, 4.69) is 40.3 Å². The average molecular weight is 326 g/mol. The summed E-state index contributed by atoms with van der Waals surface area (Å²) in [6.07, 6.45) is 0.965. The fraction of sp³-hybridized carbons (Fsp3) is 0.286. The molecule has 0 aliphatic heterocycles. The van der Waals surface area contributed by atoms with Crippen molar-refractivity contribution in [3.8, 4) is 5.75 Å². The molecule has 4 heteroatoms. The van der Waals surface area contributed by atoms with E-state index in [-0.39, 0.29) is 0 Å². The number of hydrogen-bond acceptors (Lipinski definition) is 3. The number of hydrogen-bond donors (Lipinski definition) is 2. The van der Waals surface area contributed by atoms with E-state index >= 15 is 0 Å². The van der Waals surface area contributed by atoms with Crippen molar-refractivity contribution in [1.82, 2.24) is 5.32 Å². The number of benzene rings is 1. The lowest BCUT2D eigenvalue weighted by Gasteiger charge is -2.13. The average Bonchev–Trinajstić information content (AvgIpc) is 2.76. The van der Waals surface area contributed by atoms with E-state index < -0.39 is 0 Å². The predicted molar refractivity (Wildman–Crippen MR) is 80.1 cm³/mol. The van der Waals surface area contributed by atoms with E-state index in [9.17, 15) is 5.11 Å². The summed E-state index contributed by atoms with van der Waals surface area (Å²) in [5.74, 6) is 0.322. The van der Waals surface area contributed by atoms with Gasteiger partial charge in [-0.3, -0.25) is 0 Å². The molecule has 0 aliphatic rings. The van der Waals surface area contributed by atoms with Gasteiger partial charge in [-0.05, 0) is 59.1 Å². The first-order valence-electron chi connectivity index (χ1n) is 5.89. The minimum atomic E-state index is 0.322. The summed E-state index contributed by atoms with van der Waals surface area (Å²) >= 11 is 5.23. The van der Waals surface area contributed by atoms with Crippen molar-refractivity contribution < 1.29 is 5.11 Å². The number of phenolic OH excluding ortho intramolecular Hbond substituents is 1. The Morgan fingerprint density at radius 2 is 1.94 bits per heavy atom. The van der Waals surface area contributed by atoms with Crippen LogP contribution < -0.4 is 5.32 Å². The summed E-state index contributed by atoms with van der Waals surface area (Å²) in [5.41, 5.74) is 1.24. The standard InChI is InChI=1S/C14H16BrNOS/c1-10(8-11-2-4-12(17)5-3-11)16-9-13-6-7-14(15)18-13/h2-7,10,16-17H,8-9H2,1H3. The van der Waals surface area contributed by atoms with Gasteiger partial charge in [-0.2, -0.15) is 0 Å². The third-order valence-electron chi connectivity index (χ3n) is 2.73. The van der Waals surface area contributed by atoms with E-state index in [1.54, 1.807) is 23.5 Å². The van der Waals surface area contributed by atoms with Gasteiger partial charge in [0.15, 0.2) is 0 Å². The highest BCUT2D eigenvalue weighted by atomic mass is 79.9. The molecule has 0 fully saturated rings. The first-order chi connectivity index (χ1) is 8.63. The van der Waals surface area contributed by atoms with Gasteiger partial charge in [0.2, 0.25) is 0 Å². The van der Waals surface area contributed by atoms with E-state index in [4.69, 9.17) is 0 Å². The quantitative estimate of drug-likeness (QED) is 0.872. The lowest BCUT2D eigenvalue weighted by molar-refractivity contribution is 0.474. The fourth-order valence-electron chi connectivity index (χ4n) is 1.78. The van der Waals surface area contributed by atoms with Crippen LogP contribution in [0.25, 0.3) is 0 Å². The minimum absolute atomic E-state index is 0.322. The topological polar surface area (TPSA) is 32.3 Å². The molecule has 0 saturated heterocycles. The first kappa shape index (κ1) is 13.6. The van der Waals surface area contributed by atoms with Crippen molar-refractivity contribution >= 4 is 27.3 Å². The second-order valence-corrected chi connectivity index (χ2v) is 6.91. The smallest absolute Gasteiger partial charge is 0.115 e.